The van der Waals surface area contributed by atoms with Crippen LogP contribution in [-0.4, -0.2) is 39.9 Å². The number of hydrogen-bond acceptors (Lipinski definition) is 5. The number of aromatic nitrogens is 2. The minimum atomic E-state index is -4.67. The second-order valence-corrected chi connectivity index (χ2v) is 6.30. The zero-order valence-corrected chi connectivity index (χ0v) is 14.7. The largest absolute Gasteiger partial charge is 0.471 e. The summed E-state index contributed by atoms with van der Waals surface area (Å²) in [4.78, 5) is 29.1. The lowest BCUT2D eigenvalue weighted by atomic mass is 9.95. The molecule has 0 spiro atoms. The lowest BCUT2D eigenvalue weighted by molar-refractivity contribution is -0.159. The van der Waals surface area contributed by atoms with Crippen molar-refractivity contribution < 1.29 is 27.3 Å². The summed E-state index contributed by atoms with van der Waals surface area (Å²) in [6, 6.07) is 6.49. The number of alkyl halides is 3. The van der Waals surface area contributed by atoms with Gasteiger partial charge in [0.25, 0.3) is 5.91 Å². The van der Waals surface area contributed by atoms with Gasteiger partial charge in [-0.15, -0.1) is 0 Å². The standard InChI is InChI=1S/C18H17F3N4O3/c1-2-14(26)22-13-5-3-4-12(10-13)16(27)25-8-6-11(7-9-25)15-23-17(28-24-15)18(19,20)21/h2-5,10-11H,1,6-9H2,(H,22,26). The van der Waals surface area contributed by atoms with Crippen molar-refractivity contribution in [3.05, 3.63) is 54.2 Å². The molecule has 0 atom stereocenters. The van der Waals surface area contributed by atoms with E-state index >= 15 is 0 Å². The van der Waals surface area contributed by atoms with E-state index in [0.717, 1.165) is 6.08 Å². The van der Waals surface area contributed by atoms with Crippen molar-refractivity contribution in [3.8, 4) is 0 Å². The normalized spacial score (nSPS) is 15.3. The van der Waals surface area contributed by atoms with Crippen molar-refractivity contribution in [2.24, 2.45) is 0 Å². The molecule has 2 amide bonds. The SMILES string of the molecule is C=CC(=O)Nc1cccc(C(=O)N2CCC(c3noc(C(F)(F)F)n3)CC2)c1. The number of hydrogen-bond donors (Lipinski definition) is 1. The van der Waals surface area contributed by atoms with Gasteiger partial charge in [0.15, 0.2) is 5.82 Å². The molecule has 2 aromatic rings. The molecule has 2 heterocycles. The Bertz CT molecular complexity index is 886. The van der Waals surface area contributed by atoms with Crippen LogP contribution in [0, 0.1) is 0 Å². The van der Waals surface area contributed by atoms with Crippen molar-refractivity contribution in [1.29, 1.82) is 0 Å². The first-order chi connectivity index (χ1) is 13.3. The highest BCUT2D eigenvalue weighted by Crippen LogP contribution is 2.31. The van der Waals surface area contributed by atoms with Crippen molar-refractivity contribution in [2.75, 3.05) is 18.4 Å². The zero-order valence-electron chi connectivity index (χ0n) is 14.7. The van der Waals surface area contributed by atoms with Gasteiger partial charge in [0, 0.05) is 30.3 Å². The maximum atomic E-state index is 12.7. The minimum Gasteiger partial charge on any atom is -0.339 e. The molecule has 1 aromatic carbocycles. The lowest BCUT2D eigenvalue weighted by Gasteiger charge is -2.30. The van der Waals surface area contributed by atoms with Gasteiger partial charge in [-0.1, -0.05) is 17.8 Å². The Hall–Kier alpha value is -3.17. The summed E-state index contributed by atoms with van der Waals surface area (Å²) in [6.45, 7) is 4.07. The van der Waals surface area contributed by atoms with Crippen molar-refractivity contribution in [1.82, 2.24) is 15.0 Å². The third-order valence-electron chi connectivity index (χ3n) is 4.39. The molecule has 0 bridgehead atoms. The van der Waals surface area contributed by atoms with E-state index in [4.69, 9.17) is 0 Å². The molecule has 28 heavy (non-hydrogen) atoms. The van der Waals surface area contributed by atoms with E-state index in [-0.39, 0.29) is 23.6 Å². The zero-order chi connectivity index (χ0) is 20.3. The van der Waals surface area contributed by atoms with Crippen molar-refractivity contribution in [2.45, 2.75) is 24.9 Å². The van der Waals surface area contributed by atoms with Crippen LogP contribution in [0.4, 0.5) is 18.9 Å². The predicted octanol–water partition coefficient (Wildman–Crippen LogP) is 3.23. The fraction of sp³-hybridized carbons (Fsp3) is 0.333. The van der Waals surface area contributed by atoms with Crippen LogP contribution < -0.4 is 5.32 Å². The van der Waals surface area contributed by atoms with Crippen LogP contribution in [0.3, 0.4) is 0 Å². The molecule has 0 aliphatic carbocycles. The Morgan fingerprint density at radius 3 is 2.61 bits per heavy atom. The van der Waals surface area contributed by atoms with Crippen LogP contribution in [0.2, 0.25) is 0 Å². The number of rotatable bonds is 4. The first-order valence-electron chi connectivity index (χ1n) is 8.51. The molecule has 148 valence electrons. The Morgan fingerprint density at radius 1 is 1.29 bits per heavy atom. The van der Waals surface area contributed by atoms with E-state index in [1.807, 2.05) is 0 Å². The van der Waals surface area contributed by atoms with Gasteiger partial charge in [-0.2, -0.15) is 18.2 Å². The maximum absolute atomic E-state index is 12.7. The number of piperidine rings is 1. The molecule has 1 fully saturated rings. The predicted molar refractivity (Wildman–Crippen MR) is 92.4 cm³/mol. The van der Waals surface area contributed by atoms with Gasteiger partial charge in [0.05, 0.1) is 0 Å². The molecule has 1 saturated heterocycles. The molecule has 0 unspecified atom stereocenters. The molecular formula is C18H17F3N4O3. The number of anilines is 1. The smallest absolute Gasteiger partial charge is 0.339 e. The summed E-state index contributed by atoms with van der Waals surface area (Å²) >= 11 is 0. The Labute approximate surface area is 158 Å². The highest BCUT2D eigenvalue weighted by molar-refractivity contribution is 6.00. The second-order valence-electron chi connectivity index (χ2n) is 6.30. The molecule has 10 heteroatoms. The van der Waals surface area contributed by atoms with E-state index in [1.54, 1.807) is 29.2 Å². The van der Waals surface area contributed by atoms with Crippen LogP contribution in [0.15, 0.2) is 41.4 Å². The fourth-order valence-corrected chi connectivity index (χ4v) is 2.96. The molecule has 7 nitrogen and oxygen atoms in total. The van der Waals surface area contributed by atoms with E-state index in [2.05, 4.69) is 26.6 Å². The number of amides is 2. The summed E-state index contributed by atoms with van der Waals surface area (Å²) in [6.07, 6.45) is -2.69. The van der Waals surface area contributed by atoms with Gasteiger partial charge in [-0.25, -0.2) is 0 Å². The topological polar surface area (TPSA) is 88.3 Å². The van der Waals surface area contributed by atoms with Crippen LogP contribution in [0.1, 0.15) is 40.8 Å². The van der Waals surface area contributed by atoms with E-state index in [9.17, 15) is 22.8 Å². The third-order valence-corrected chi connectivity index (χ3v) is 4.39. The first kappa shape index (κ1) is 19.6. The van der Waals surface area contributed by atoms with E-state index < -0.39 is 12.1 Å². The highest BCUT2D eigenvalue weighted by Gasteiger charge is 2.39. The van der Waals surface area contributed by atoms with Crippen LogP contribution in [0.25, 0.3) is 0 Å². The van der Waals surface area contributed by atoms with Crippen LogP contribution in [0.5, 0.6) is 0 Å². The summed E-state index contributed by atoms with van der Waals surface area (Å²) < 4.78 is 42.0. The van der Waals surface area contributed by atoms with Crippen molar-refractivity contribution in [3.63, 3.8) is 0 Å². The number of nitrogens with zero attached hydrogens (tertiary/aromatic N) is 3. The van der Waals surface area contributed by atoms with Crippen LogP contribution >= 0.6 is 0 Å². The lowest BCUT2D eigenvalue weighted by Crippen LogP contribution is -2.38. The average molecular weight is 394 g/mol. The highest BCUT2D eigenvalue weighted by atomic mass is 19.4. The quantitative estimate of drug-likeness (QED) is 0.805. The second kappa shape index (κ2) is 7.83. The molecular weight excluding hydrogens is 377 g/mol. The number of carbonyl (C=O) groups excluding carboxylic acids is 2. The Kier molecular flexibility index (Phi) is 5.48. The number of nitrogens with one attached hydrogen (secondary N) is 1. The summed E-state index contributed by atoms with van der Waals surface area (Å²) in [7, 11) is 0. The first-order valence-corrected chi connectivity index (χ1v) is 8.51. The number of benzene rings is 1. The van der Waals surface area contributed by atoms with Gasteiger partial charge in [0.1, 0.15) is 0 Å². The molecule has 3 rings (SSSR count). The minimum absolute atomic E-state index is 0.00792. The monoisotopic (exact) mass is 394 g/mol. The molecule has 0 radical (unpaired) electrons. The molecule has 1 aliphatic heterocycles. The number of likely N-dealkylation sites (tertiary alicyclic amines) is 1. The Balaban J connectivity index is 1.62. The molecule has 0 saturated carbocycles. The summed E-state index contributed by atoms with van der Waals surface area (Å²) in [5.74, 6) is -2.27. The van der Waals surface area contributed by atoms with Crippen LogP contribution in [-0.2, 0) is 11.0 Å². The van der Waals surface area contributed by atoms with Gasteiger partial charge >= 0.3 is 12.1 Å². The molecule has 1 N–H and O–H groups in total. The van der Waals surface area contributed by atoms with E-state index in [0.29, 0.717) is 37.2 Å². The van der Waals surface area contributed by atoms with Gasteiger partial charge in [-0.05, 0) is 37.1 Å². The third kappa shape index (κ3) is 4.38. The van der Waals surface area contributed by atoms with Gasteiger partial charge in [0.2, 0.25) is 5.91 Å². The average Bonchev–Trinajstić information content (AvgIpc) is 3.18. The number of carbonyl (C=O) groups is 2. The summed E-state index contributed by atoms with van der Waals surface area (Å²) in [5, 5.41) is 6.01. The fourth-order valence-electron chi connectivity index (χ4n) is 2.96. The Morgan fingerprint density at radius 2 is 2.00 bits per heavy atom. The summed E-state index contributed by atoms with van der Waals surface area (Å²) in [5.41, 5.74) is 0.872. The molecule has 1 aliphatic rings. The number of halogens is 3. The maximum Gasteiger partial charge on any atom is 0.471 e. The van der Waals surface area contributed by atoms with E-state index in [1.165, 1.54) is 0 Å². The van der Waals surface area contributed by atoms with Gasteiger partial charge in [-0.3, -0.25) is 9.59 Å². The van der Waals surface area contributed by atoms with Gasteiger partial charge < -0.3 is 14.7 Å². The molecule has 1 aromatic heterocycles. The van der Waals surface area contributed by atoms with Crippen molar-refractivity contribution >= 4 is 17.5 Å².